The molecule has 0 saturated heterocycles. The van der Waals surface area contributed by atoms with Gasteiger partial charge in [-0.05, 0) is 84.4 Å². The van der Waals surface area contributed by atoms with E-state index in [1.165, 1.54) is 44.9 Å². The van der Waals surface area contributed by atoms with Crippen molar-refractivity contribution >= 4 is 5.78 Å². The van der Waals surface area contributed by atoms with Crippen LogP contribution >= 0.6 is 0 Å². The molecule has 0 aliphatic heterocycles. The van der Waals surface area contributed by atoms with Gasteiger partial charge in [-0.3, -0.25) is 4.79 Å². The Hall–Kier alpha value is -0.590. The molecule has 158 valence electrons. The quantitative estimate of drug-likeness (QED) is 0.450. The Morgan fingerprint density at radius 3 is 2.43 bits per heavy atom. The highest BCUT2D eigenvalue weighted by molar-refractivity contribution is 5.82. The zero-order valence-electron chi connectivity index (χ0n) is 19.4. The lowest BCUT2D eigenvalue weighted by atomic mass is 9.50. The zero-order chi connectivity index (χ0) is 20.3. The Labute approximate surface area is 174 Å². The highest BCUT2D eigenvalue weighted by Crippen LogP contribution is 2.67. The second-order valence-corrected chi connectivity index (χ2v) is 12.2. The zero-order valence-corrected chi connectivity index (χ0v) is 19.4. The van der Waals surface area contributed by atoms with E-state index < -0.39 is 0 Å². The first-order chi connectivity index (χ1) is 13.2. The molecule has 1 nitrogen and oxygen atoms in total. The Balaban J connectivity index is 1.50. The van der Waals surface area contributed by atoms with Crippen molar-refractivity contribution in [2.45, 2.75) is 99.3 Å². The van der Waals surface area contributed by atoms with Gasteiger partial charge in [0.05, 0.1) is 0 Å². The van der Waals surface area contributed by atoms with Gasteiger partial charge in [-0.2, -0.15) is 0 Å². The van der Waals surface area contributed by atoms with Crippen LogP contribution in [0.25, 0.3) is 0 Å². The molecule has 0 aromatic heterocycles. The Kier molecular flexibility index (Phi) is 5.37. The second-order valence-electron chi connectivity index (χ2n) is 12.2. The molecule has 0 N–H and O–H groups in total. The van der Waals surface area contributed by atoms with Crippen molar-refractivity contribution in [1.82, 2.24) is 0 Å². The van der Waals surface area contributed by atoms with Gasteiger partial charge in [0, 0.05) is 12.8 Å². The van der Waals surface area contributed by atoms with Gasteiger partial charge in [0.15, 0.2) is 0 Å². The summed E-state index contributed by atoms with van der Waals surface area (Å²) in [6.45, 7) is 14.9. The molecule has 3 saturated carbocycles. The van der Waals surface area contributed by atoms with E-state index >= 15 is 0 Å². The van der Waals surface area contributed by atoms with Crippen molar-refractivity contribution in [3.05, 3.63) is 11.6 Å². The third-order valence-corrected chi connectivity index (χ3v) is 10.5. The van der Waals surface area contributed by atoms with Crippen molar-refractivity contribution < 1.29 is 4.79 Å². The van der Waals surface area contributed by atoms with Crippen LogP contribution in [0, 0.1) is 52.3 Å². The van der Waals surface area contributed by atoms with Gasteiger partial charge in [0.1, 0.15) is 5.78 Å². The van der Waals surface area contributed by atoms with E-state index in [0.717, 1.165) is 42.4 Å². The van der Waals surface area contributed by atoms with Crippen molar-refractivity contribution in [2.75, 3.05) is 0 Å². The second kappa shape index (κ2) is 7.28. The van der Waals surface area contributed by atoms with Gasteiger partial charge < -0.3 is 0 Å². The van der Waals surface area contributed by atoms with E-state index in [4.69, 9.17) is 0 Å². The number of carbonyl (C=O) groups is 1. The summed E-state index contributed by atoms with van der Waals surface area (Å²) in [5, 5.41) is 0. The van der Waals surface area contributed by atoms with Gasteiger partial charge in [0.2, 0.25) is 0 Å². The molecule has 4 rings (SSSR count). The molecule has 0 aromatic carbocycles. The van der Waals surface area contributed by atoms with Crippen LogP contribution in [0.3, 0.4) is 0 Å². The lowest BCUT2D eigenvalue weighted by molar-refractivity contribution is -0.118. The van der Waals surface area contributed by atoms with Gasteiger partial charge in [-0.25, -0.2) is 0 Å². The standard InChI is InChI=1S/C27H44O/c1-17(2)18(3)7-8-19(4)23-11-12-24-22-10-9-20-15-21(28)16-27(20,6)25(22)13-14-26(23,24)5/h10,17-20,23-25H,7-9,11-16H2,1-6H3/t18-,19+,20-,23-,24+,25-,26+,27-/m0/s1. The lowest BCUT2D eigenvalue weighted by Crippen LogP contribution is -2.46. The first-order valence-electron chi connectivity index (χ1n) is 12.4. The minimum absolute atomic E-state index is 0.277. The van der Waals surface area contributed by atoms with Crippen molar-refractivity contribution in [3.63, 3.8) is 0 Å². The van der Waals surface area contributed by atoms with Crippen LogP contribution in [0.15, 0.2) is 11.6 Å². The topological polar surface area (TPSA) is 17.1 Å². The molecule has 0 spiro atoms. The van der Waals surface area contributed by atoms with Crippen molar-refractivity contribution in [2.24, 2.45) is 52.3 Å². The van der Waals surface area contributed by atoms with E-state index in [-0.39, 0.29) is 5.41 Å². The molecule has 28 heavy (non-hydrogen) atoms. The summed E-state index contributed by atoms with van der Waals surface area (Å²) in [5.74, 6) is 6.08. The number of allylic oxidation sites excluding steroid dienone is 2. The van der Waals surface area contributed by atoms with Crippen LogP contribution in [0.1, 0.15) is 99.3 Å². The fourth-order valence-electron chi connectivity index (χ4n) is 8.21. The van der Waals surface area contributed by atoms with Crippen LogP contribution in [0.2, 0.25) is 0 Å². The first-order valence-corrected chi connectivity index (χ1v) is 12.4. The molecular formula is C27H44O. The van der Waals surface area contributed by atoms with Gasteiger partial charge in [0.25, 0.3) is 0 Å². The number of ketones is 1. The fraction of sp³-hybridized carbons (Fsp3) is 0.889. The van der Waals surface area contributed by atoms with Crippen molar-refractivity contribution in [3.8, 4) is 0 Å². The summed E-state index contributed by atoms with van der Waals surface area (Å²) >= 11 is 0. The van der Waals surface area contributed by atoms with E-state index in [9.17, 15) is 4.79 Å². The third kappa shape index (κ3) is 3.14. The van der Waals surface area contributed by atoms with Gasteiger partial charge >= 0.3 is 0 Å². The van der Waals surface area contributed by atoms with Crippen LogP contribution in [0.4, 0.5) is 0 Å². The number of rotatable bonds is 5. The molecule has 3 fully saturated rings. The van der Waals surface area contributed by atoms with E-state index in [1.54, 1.807) is 5.57 Å². The molecule has 4 aliphatic rings. The average Bonchev–Trinajstić information content (AvgIpc) is 3.14. The molecular weight excluding hydrogens is 340 g/mol. The van der Waals surface area contributed by atoms with E-state index in [1.807, 2.05) is 0 Å². The van der Waals surface area contributed by atoms with Crippen molar-refractivity contribution in [1.29, 1.82) is 0 Å². The highest BCUT2D eigenvalue weighted by Gasteiger charge is 2.59. The molecule has 0 amide bonds. The van der Waals surface area contributed by atoms with Crippen LogP contribution in [-0.4, -0.2) is 5.78 Å². The number of hydrogen-bond acceptors (Lipinski definition) is 1. The maximum atomic E-state index is 12.3. The summed E-state index contributed by atoms with van der Waals surface area (Å²) in [5.41, 5.74) is 2.58. The molecule has 8 atom stereocenters. The minimum atomic E-state index is 0.277. The van der Waals surface area contributed by atoms with Crippen LogP contribution in [-0.2, 0) is 4.79 Å². The first kappa shape index (κ1) is 20.7. The monoisotopic (exact) mass is 384 g/mol. The van der Waals surface area contributed by atoms with Gasteiger partial charge in [-0.1, -0.05) is 66.0 Å². The summed E-state index contributed by atoms with van der Waals surface area (Å²) in [7, 11) is 0. The average molecular weight is 385 g/mol. The Morgan fingerprint density at radius 2 is 1.71 bits per heavy atom. The van der Waals surface area contributed by atoms with Crippen LogP contribution < -0.4 is 0 Å². The molecule has 0 unspecified atom stereocenters. The minimum Gasteiger partial charge on any atom is -0.300 e. The predicted molar refractivity (Wildman–Crippen MR) is 118 cm³/mol. The molecule has 1 heteroatoms. The Bertz CT molecular complexity index is 645. The smallest absolute Gasteiger partial charge is 0.133 e. The van der Waals surface area contributed by atoms with Gasteiger partial charge in [-0.15, -0.1) is 0 Å². The number of fused-ring (bicyclic) bond motifs is 5. The van der Waals surface area contributed by atoms with Crippen LogP contribution in [0.5, 0.6) is 0 Å². The maximum Gasteiger partial charge on any atom is 0.133 e. The summed E-state index contributed by atoms with van der Waals surface area (Å²) < 4.78 is 0. The SMILES string of the molecule is CC(C)[C@@H](C)CC[C@@H](C)[C@@H]1CC[C@@H]2C3=CC[C@H]4CC(=O)C[C@]4(C)[C@H]3CC[C@@]21C. The summed E-state index contributed by atoms with van der Waals surface area (Å²) in [4.78, 5) is 12.3. The molecule has 0 bridgehead atoms. The summed E-state index contributed by atoms with van der Waals surface area (Å²) in [6, 6.07) is 0. The van der Waals surface area contributed by atoms with E-state index in [2.05, 4.69) is 47.6 Å². The highest BCUT2D eigenvalue weighted by atomic mass is 16.1. The van der Waals surface area contributed by atoms with E-state index in [0.29, 0.717) is 23.0 Å². The largest absolute Gasteiger partial charge is 0.300 e. The molecule has 0 aromatic rings. The number of hydrogen-bond donors (Lipinski definition) is 0. The number of carbonyl (C=O) groups excluding carboxylic acids is 1. The molecule has 0 heterocycles. The summed E-state index contributed by atoms with van der Waals surface area (Å²) in [6.07, 6.45) is 13.9. The lowest BCUT2D eigenvalue weighted by Gasteiger charge is -2.54. The fourth-order valence-corrected chi connectivity index (χ4v) is 8.21. The molecule has 4 aliphatic carbocycles. The number of Topliss-reactive ketones (excluding diaryl/α,β-unsaturated/α-hetero) is 1. The molecule has 0 radical (unpaired) electrons. The normalized spacial score (nSPS) is 44.7. The third-order valence-electron chi connectivity index (χ3n) is 10.5. The predicted octanol–water partition coefficient (Wildman–Crippen LogP) is 7.45. The maximum absolute atomic E-state index is 12.3. The Morgan fingerprint density at radius 1 is 1.00 bits per heavy atom.